The van der Waals surface area contributed by atoms with Gasteiger partial charge in [-0.3, -0.25) is 0 Å². The van der Waals surface area contributed by atoms with Crippen LogP contribution in [0, 0.1) is 5.92 Å². The van der Waals surface area contributed by atoms with Gasteiger partial charge in [-0.15, -0.1) is 0 Å². The Morgan fingerprint density at radius 2 is 2.38 bits per heavy atom. The highest BCUT2D eigenvalue weighted by Crippen LogP contribution is 2.25. The highest BCUT2D eigenvalue weighted by atomic mass is 16.4. The lowest BCUT2D eigenvalue weighted by Gasteiger charge is -2.25. The summed E-state index contributed by atoms with van der Waals surface area (Å²) in [7, 11) is 0. The summed E-state index contributed by atoms with van der Waals surface area (Å²) in [6.07, 6.45) is 6.61. The van der Waals surface area contributed by atoms with Gasteiger partial charge in [-0.05, 0) is 25.3 Å². The van der Waals surface area contributed by atoms with Crippen LogP contribution in [0.2, 0.25) is 0 Å². The molecule has 0 spiro atoms. The van der Waals surface area contributed by atoms with E-state index in [9.17, 15) is 4.79 Å². The molecular weight excluding hydrogens is 206 g/mol. The van der Waals surface area contributed by atoms with Crippen molar-refractivity contribution in [2.75, 3.05) is 6.54 Å². The van der Waals surface area contributed by atoms with Gasteiger partial charge in [0, 0.05) is 12.7 Å². The third-order valence-electron chi connectivity index (χ3n) is 2.98. The molecule has 86 valence electrons. The molecule has 0 aliphatic heterocycles. The summed E-state index contributed by atoms with van der Waals surface area (Å²) in [6, 6.07) is 0. The Bertz CT molecular complexity index is 377. The van der Waals surface area contributed by atoms with Gasteiger partial charge in [-0.2, -0.15) is 0 Å². The van der Waals surface area contributed by atoms with E-state index in [-0.39, 0.29) is 5.56 Å². The van der Waals surface area contributed by atoms with Gasteiger partial charge in [0.1, 0.15) is 11.9 Å². The first-order valence-electron chi connectivity index (χ1n) is 5.50. The summed E-state index contributed by atoms with van der Waals surface area (Å²) in [6.45, 7) is 1.45. The lowest BCUT2D eigenvalue weighted by Crippen LogP contribution is -2.27. The van der Waals surface area contributed by atoms with Crippen molar-refractivity contribution in [1.29, 1.82) is 0 Å². The second kappa shape index (κ2) is 5.03. The van der Waals surface area contributed by atoms with Crippen LogP contribution >= 0.6 is 0 Å². The SMILES string of the molecule is O=C(O)c1cncnc1CNCC1CCC1. The molecule has 1 aliphatic rings. The summed E-state index contributed by atoms with van der Waals surface area (Å²) in [5.74, 6) is -0.212. The Balaban J connectivity index is 1.89. The van der Waals surface area contributed by atoms with Gasteiger partial charge in [-0.25, -0.2) is 14.8 Å². The fraction of sp³-hybridized carbons (Fsp3) is 0.545. The van der Waals surface area contributed by atoms with Crippen molar-refractivity contribution in [3.8, 4) is 0 Å². The lowest BCUT2D eigenvalue weighted by atomic mass is 9.85. The Kier molecular flexibility index (Phi) is 3.46. The van der Waals surface area contributed by atoms with Gasteiger partial charge in [0.15, 0.2) is 0 Å². The van der Waals surface area contributed by atoms with Gasteiger partial charge in [0.05, 0.1) is 5.69 Å². The standard InChI is InChI=1S/C11H15N3O2/c15-11(16)9-5-13-7-14-10(9)6-12-4-8-2-1-3-8/h5,7-8,12H,1-4,6H2,(H,15,16). The molecule has 1 saturated carbocycles. The van der Waals surface area contributed by atoms with E-state index in [4.69, 9.17) is 5.11 Å². The third-order valence-corrected chi connectivity index (χ3v) is 2.98. The molecule has 0 radical (unpaired) electrons. The van der Waals surface area contributed by atoms with Gasteiger partial charge >= 0.3 is 5.97 Å². The number of aromatic carboxylic acids is 1. The Morgan fingerprint density at radius 1 is 1.56 bits per heavy atom. The normalized spacial score (nSPS) is 15.8. The molecule has 5 nitrogen and oxygen atoms in total. The molecule has 16 heavy (non-hydrogen) atoms. The van der Waals surface area contributed by atoms with Crippen molar-refractivity contribution in [1.82, 2.24) is 15.3 Å². The van der Waals surface area contributed by atoms with Crippen molar-refractivity contribution in [2.45, 2.75) is 25.8 Å². The molecule has 1 aromatic heterocycles. The van der Waals surface area contributed by atoms with E-state index in [2.05, 4.69) is 15.3 Å². The van der Waals surface area contributed by atoms with Crippen LogP contribution in [0.25, 0.3) is 0 Å². The molecule has 1 heterocycles. The molecule has 0 aromatic carbocycles. The van der Waals surface area contributed by atoms with E-state index in [1.54, 1.807) is 0 Å². The topological polar surface area (TPSA) is 75.1 Å². The van der Waals surface area contributed by atoms with Gasteiger partial charge < -0.3 is 10.4 Å². The first-order valence-corrected chi connectivity index (χ1v) is 5.50. The summed E-state index contributed by atoms with van der Waals surface area (Å²) in [5, 5.41) is 12.2. The van der Waals surface area contributed by atoms with Gasteiger partial charge in [-0.1, -0.05) is 6.42 Å². The van der Waals surface area contributed by atoms with Crippen LogP contribution in [-0.4, -0.2) is 27.6 Å². The fourth-order valence-corrected chi connectivity index (χ4v) is 1.77. The molecule has 0 atom stereocenters. The molecular formula is C11H15N3O2. The largest absolute Gasteiger partial charge is 0.478 e. The zero-order valence-corrected chi connectivity index (χ0v) is 9.02. The van der Waals surface area contributed by atoms with Crippen molar-refractivity contribution in [2.24, 2.45) is 5.92 Å². The molecule has 1 fully saturated rings. The smallest absolute Gasteiger partial charge is 0.339 e. The number of carbonyl (C=O) groups is 1. The van der Waals surface area contributed by atoms with Gasteiger partial charge in [0.2, 0.25) is 0 Å². The van der Waals surface area contributed by atoms with E-state index in [1.807, 2.05) is 0 Å². The van der Waals surface area contributed by atoms with E-state index >= 15 is 0 Å². The maximum atomic E-state index is 10.9. The molecule has 0 saturated heterocycles. The fourth-order valence-electron chi connectivity index (χ4n) is 1.77. The summed E-state index contributed by atoms with van der Waals surface area (Å²) >= 11 is 0. The number of carboxylic acids is 1. The summed E-state index contributed by atoms with van der Waals surface area (Å²) in [5.41, 5.74) is 0.741. The van der Waals surface area contributed by atoms with Crippen LogP contribution in [0.5, 0.6) is 0 Å². The number of hydrogen-bond acceptors (Lipinski definition) is 4. The predicted molar refractivity (Wildman–Crippen MR) is 58.0 cm³/mol. The van der Waals surface area contributed by atoms with Crippen LogP contribution in [0.15, 0.2) is 12.5 Å². The molecule has 1 aliphatic carbocycles. The zero-order valence-electron chi connectivity index (χ0n) is 9.02. The molecule has 5 heteroatoms. The highest BCUT2D eigenvalue weighted by Gasteiger charge is 2.17. The predicted octanol–water partition coefficient (Wildman–Crippen LogP) is 1.06. The molecule has 1 aromatic rings. The monoisotopic (exact) mass is 221 g/mol. The molecule has 0 bridgehead atoms. The van der Waals surface area contributed by atoms with Crippen molar-refractivity contribution >= 4 is 5.97 Å². The first-order chi connectivity index (χ1) is 7.77. The highest BCUT2D eigenvalue weighted by molar-refractivity contribution is 5.88. The lowest BCUT2D eigenvalue weighted by molar-refractivity contribution is 0.0694. The average molecular weight is 221 g/mol. The number of carboxylic acid groups (broad SMARTS) is 1. The van der Waals surface area contributed by atoms with Crippen molar-refractivity contribution < 1.29 is 9.90 Å². The maximum Gasteiger partial charge on any atom is 0.339 e. The zero-order chi connectivity index (χ0) is 11.4. The maximum absolute atomic E-state index is 10.9. The van der Waals surface area contributed by atoms with Crippen LogP contribution in [0.3, 0.4) is 0 Å². The summed E-state index contributed by atoms with van der Waals surface area (Å²) in [4.78, 5) is 18.6. The molecule has 2 N–H and O–H groups in total. The van der Waals surface area contributed by atoms with Gasteiger partial charge in [0.25, 0.3) is 0 Å². The molecule has 2 rings (SSSR count). The minimum atomic E-state index is -0.971. The summed E-state index contributed by atoms with van der Waals surface area (Å²) < 4.78 is 0. The van der Waals surface area contributed by atoms with Crippen LogP contribution in [0.1, 0.15) is 35.3 Å². The minimum Gasteiger partial charge on any atom is -0.478 e. The van der Waals surface area contributed by atoms with E-state index in [1.165, 1.54) is 31.8 Å². The van der Waals surface area contributed by atoms with Crippen molar-refractivity contribution in [3.05, 3.63) is 23.8 Å². The number of nitrogens with zero attached hydrogens (tertiary/aromatic N) is 2. The Hall–Kier alpha value is -1.49. The quantitative estimate of drug-likeness (QED) is 0.777. The van der Waals surface area contributed by atoms with E-state index in [0.717, 1.165) is 12.5 Å². The van der Waals surface area contributed by atoms with E-state index in [0.29, 0.717) is 12.2 Å². The van der Waals surface area contributed by atoms with Crippen molar-refractivity contribution in [3.63, 3.8) is 0 Å². The Labute approximate surface area is 93.9 Å². The minimum absolute atomic E-state index is 0.184. The number of aromatic nitrogens is 2. The third kappa shape index (κ3) is 2.55. The van der Waals surface area contributed by atoms with E-state index < -0.39 is 5.97 Å². The average Bonchev–Trinajstić information content (AvgIpc) is 2.22. The second-order valence-corrected chi connectivity index (χ2v) is 4.12. The second-order valence-electron chi connectivity index (χ2n) is 4.12. The molecule has 0 unspecified atom stereocenters. The first kappa shape index (κ1) is 11.0. The number of rotatable bonds is 5. The molecule has 0 amide bonds. The van der Waals surface area contributed by atoms with Crippen LogP contribution < -0.4 is 5.32 Å². The Morgan fingerprint density at radius 3 is 3.00 bits per heavy atom. The number of hydrogen-bond donors (Lipinski definition) is 2. The number of nitrogens with one attached hydrogen (secondary N) is 1. The van der Waals surface area contributed by atoms with Crippen LogP contribution in [-0.2, 0) is 6.54 Å². The van der Waals surface area contributed by atoms with Crippen LogP contribution in [0.4, 0.5) is 0 Å².